The van der Waals surface area contributed by atoms with Crippen LogP contribution in [0.4, 0.5) is 0 Å². The first-order valence-corrected chi connectivity index (χ1v) is 16.7. The molecule has 2 spiro atoms. The van der Waals surface area contributed by atoms with Gasteiger partial charge in [0.2, 0.25) is 0 Å². The van der Waals surface area contributed by atoms with E-state index in [2.05, 4.69) is 31.7 Å². The minimum absolute atomic E-state index is 0.0294. The monoisotopic (exact) mass is 603 g/mol. The Morgan fingerprint density at radius 1 is 1.02 bits per heavy atom. The van der Waals surface area contributed by atoms with Crippen molar-refractivity contribution in [2.24, 2.45) is 22.7 Å². The molecule has 244 valence electrons. The van der Waals surface area contributed by atoms with Gasteiger partial charge in [0, 0.05) is 55.2 Å². The molecule has 8 heteroatoms. The first kappa shape index (κ1) is 33.0. The molecule has 0 unspecified atom stereocenters. The van der Waals surface area contributed by atoms with Crippen LogP contribution in [-0.4, -0.2) is 95.3 Å². The fraction of sp³-hybridized carbons (Fsp3) is 0.829. The smallest absolute Gasteiger partial charge is 0.165 e. The Kier molecular flexibility index (Phi) is 9.00. The van der Waals surface area contributed by atoms with Crippen molar-refractivity contribution in [1.29, 1.82) is 0 Å². The van der Waals surface area contributed by atoms with Crippen molar-refractivity contribution in [3.8, 4) is 11.5 Å². The van der Waals surface area contributed by atoms with Gasteiger partial charge in [-0.15, -0.1) is 0 Å². The Morgan fingerprint density at radius 3 is 2.23 bits per heavy atom. The lowest BCUT2D eigenvalue weighted by Gasteiger charge is -2.75. The number of ether oxygens (including phenoxy) is 3. The van der Waals surface area contributed by atoms with E-state index in [4.69, 9.17) is 24.4 Å². The fourth-order valence-electron chi connectivity index (χ4n) is 9.78. The van der Waals surface area contributed by atoms with Crippen LogP contribution in [0, 0.1) is 22.7 Å². The molecule has 2 aliphatic heterocycles. The molecule has 2 heterocycles. The van der Waals surface area contributed by atoms with Crippen molar-refractivity contribution < 1.29 is 34.6 Å². The number of phenolic OH excluding ortho intramolecular Hbond substituents is 1. The van der Waals surface area contributed by atoms with Gasteiger partial charge in [0.1, 0.15) is 11.7 Å². The summed E-state index contributed by atoms with van der Waals surface area (Å²) in [6.45, 7) is 16.2. The number of nitrogens with zero attached hydrogens (tertiary/aromatic N) is 1. The van der Waals surface area contributed by atoms with Crippen molar-refractivity contribution in [3.05, 3.63) is 23.3 Å². The topological polar surface area (TPSA) is 112 Å². The molecule has 4 N–H and O–H groups in total. The lowest BCUT2D eigenvalue weighted by atomic mass is 9.33. The quantitative estimate of drug-likeness (QED) is 0.362. The second-order valence-electron chi connectivity index (χ2n) is 15.0. The number of piperidine rings is 1. The van der Waals surface area contributed by atoms with Crippen molar-refractivity contribution in [2.45, 2.75) is 115 Å². The molecule has 5 fully saturated rings. The number of methoxy groups -OCH3 is 1. The fourth-order valence-corrected chi connectivity index (χ4v) is 9.78. The van der Waals surface area contributed by atoms with E-state index >= 15 is 0 Å². The number of rotatable bonds is 7. The third kappa shape index (κ3) is 4.77. The van der Waals surface area contributed by atoms with Gasteiger partial charge >= 0.3 is 0 Å². The van der Waals surface area contributed by atoms with Crippen LogP contribution in [0.5, 0.6) is 11.5 Å². The number of likely N-dealkylation sites (tertiary alicyclic amines) is 1. The van der Waals surface area contributed by atoms with E-state index in [9.17, 15) is 10.2 Å². The predicted octanol–water partition coefficient (Wildman–Crippen LogP) is 4.43. The zero-order chi connectivity index (χ0) is 31.4. The predicted molar refractivity (Wildman–Crippen MR) is 167 cm³/mol. The molecule has 0 amide bonds. The van der Waals surface area contributed by atoms with E-state index in [0.717, 1.165) is 57.8 Å². The summed E-state index contributed by atoms with van der Waals surface area (Å²) in [6, 6.07) is 4.46. The highest BCUT2D eigenvalue weighted by atomic mass is 16.6. The van der Waals surface area contributed by atoms with Gasteiger partial charge in [0.05, 0.1) is 18.8 Å². The Morgan fingerprint density at radius 2 is 1.70 bits per heavy atom. The highest BCUT2D eigenvalue weighted by Gasteiger charge is 2.82. The van der Waals surface area contributed by atoms with Gasteiger partial charge in [-0.1, -0.05) is 26.8 Å². The van der Waals surface area contributed by atoms with Gasteiger partial charge in [-0.2, -0.15) is 0 Å². The molecule has 4 bridgehead atoms. The van der Waals surface area contributed by atoms with E-state index in [1.807, 2.05) is 33.9 Å². The molecule has 1 saturated heterocycles. The molecule has 0 radical (unpaired) electrons. The van der Waals surface area contributed by atoms with Gasteiger partial charge in [-0.25, -0.2) is 0 Å². The van der Waals surface area contributed by atoms with Gasteiger partial charge in [-0.3, -0.25) is 4.90 Å². The molecule has 0 aromatic heterocycles. The molecule has 5 aliphatic carbocycles. The molecule has 7 aliphatic rings. The van der Waals surface area contributed by atoms with Crippen LogP contribution in [0.3, 0.4) is 0 Å². The maximum atomic E-state index is 12.2. The summed E-state index contributed by atoms with van der Waals surface area (Å²) >= 11 is 0. The standard InChI is InChI=1S/C29H41NO4.C4H10O.C2H6O2/c1-25(2,3)26(4,32)20-15-27-10-11-29(20,33-5)24-28(27)12-13-30(16-17-6-7-17)21(27)14-18-8-9-19(31)23(34-24)22(18)28;1-3-5-4-2;3-1-2-4/h8-9,17,20-21,24,31-32H,6-7,10-16H2,1-5H3;3-4H2,1-2H3;3-4H,1-2H2/t20-,21-,24-,26+,27-,28+,29+;;/m1../s1. The number of aliphatic hydroxyl groups is 3. The maximum Gasteiger partial charge on any atom is 0.165 e. The largest absolute Gasteiger partial charge is 0.504 e. The summed E-state index contributed by atoms with van der Waals surface area (Å²) < 4.78 is 18.3. The highest BCUT2D eigenvalue weighted by Crippen LogP contribution is 2.78. The zero-order valence-electron chi connectivity index (χ0n) is 27.6. The van der Waals surface area contributed by atoms with Crippen molar-refractivity contribution in [2.75, 3.05) is 46.6 Å². The first-order chi connectivity index (χ1) is 20.3. The highest BCUT2D eigenvalue weighted by molar-refractivity contribution is 5.63. The van der Waals surface area contributed by atoms with Gasteiger partial charge in [0.25, 0.3) is 0 Å². The van der Waals surface area contributed by atoms with Crippen LogP contribution in [0.25, 0.3) is 0 Å². The second-order valence-corrected chi connectivity index (χ2v) is 15.0. The summed E-state index contributed by atoms with van der Waals surface area (Å²) in [7, 11) is 1.83. The Bertz CT molecular complexity index is 1140. The summed E-state index contributed by atoms with van der Waals surface area (Å²) in [5, 5.41) is 38.4. The van der Waals surface area contributed by atoms with Crippen LogP contribution in [0.1, 0.15) is 91.2 Å². The summed E-state index contributed by atoms with van der Waals surface area (Å²) in [6.07, 6.45) is 7.64. The molecular formula is C35H57NO7. The molecule has 1 aromatic rings. The summed E-state index contributed by atoms with van der Waals surface area (Å²) in [5.41, 5.74) is 0.783. The van der Waals surface area contributed by atoms with Crippen LogP contribution in [-0.2, 0) is 21.3 Å². The Labute approximate surface area is 258 Å². The molecule has 8 rings (SSSR count). The average Bonchev–Trinajstić information content (AvgIpc) is 3.72. The van der Waals surface area contributed by atoms with Gasteiger partial charge in [-0.05, 0) is 95.2 Å². The van der Waals surface area contributed by atoms with Crippen LogP contribution < -0.4 is 4.74 Å². The number of hydrogen-bond donors (Lipinski definition) is 4. The number of aliphatic hydroxyl groups excluding tert-OH is 2. The van der Waals surface area contributed by atoms with E-state index in [0.29, 0.717) is 11.8 Å². The Hall–Kier alpha value is -1.42. The maximum absolute atomic E-state index is 12.2. The number of phenols is 1. The van der Waals surface area contributed by atoms with Crippen LogP contribution in [0.2, 0.25) is 0 Å². The van der Waals surface area contributed by atoms with E-state index in [1.54, 1.807) is 0 Å². The van der Waals surface area contributed by atoms with Crippen molar-refractivity contribution in [3.63, 3.8) is 0 Å². The van der Waals surface area contributed by atoms with Gasteiger partial charge < -0.3 is 34.6 Å². The van der Waals surface area contributed by atoms with Crippen LogP contribution >= 0.6 is 0 Å². The zero-order valence-corrected chi connectivity index (χ0v) is 27.6. The molecule has 8 nitrogen and oxygen atoms in total. The summed E-state index contributed by atoms with van der Waals surface area (Å²) in [4.78, 5) is 2.82. The Balaban J connectivity index is 0.000000362. The molecular weight excluding hydrogens is 546 g/mol. The van der Waals surface area contributed by atoms with Crippen molar-refractivity contribution in [1.82, 2.24) is 4.90 Å². The number of hydrogen-bond acceptors (Lipinski definition) is 8. The minimum atomic E-state index is -0.909. The molecule has 4 saturated carbocycles. The average molecular weight is 604 g/mol. The molecule has 1 aromatic carbocycles. The third-order valence-electron chi connectivity index (χ3n) is 12.4. The SMILES string of the molecule is CCOCC.CO[C@@]12CC[C@@]3(C[C@@H]1[C@](C)(O)C(C)(C)C)[C@H]1Cc4ccc(O)c5c4[C@@]3(CCN1CC1CC1)[C@H]2O5.OCCO. The van der Waals surface area contributed by atoms with E-state index in [1.165, 1.54) is 30.5 Å². The second kappa shape index (κ2) is 11.7. The lowest BCUT2D eigenvalue weighted by Crippen LogP contribution is -2.83. The summed E-state index contributed by atoms with van der Waals surface area (Å²) in [5.74, 6) is 1.80. The van der Waals surface area contributed by atoms with Crippen LogP contribution in [0.15, 0.2) is 12.1 Å². The number of aromatic hydroxyl groups is 1. The van der Waals surface area contributed by atoms with Crippen molar-refractivity contribution >= 4 is 0 Å². The normalized spacial score (nSPS) is 36.4. The molecule has 43 heavy (non-hydrogen) atoms. The third-order valence-corrected chi connectivity index (χ3v) is 12.4. The van der Waals surface area contributed by atoms with E-state index < -0.39 is 11.2 Å². The first-order valence-electron chi connectivity index (χ1n) is 16.7. The molecule has 7 atom stereocenters. The van der Waals surface area contributed by atoms with Gasteiger partial charge in [0.15, 0.2) is 11.5 Å². The number of benzene rings is 1. The van der Waals surface area contributed by atoms with E-state index in [-0.39, 0.29) is 47.2 Å². The lowest BCUT2D eigenvalue weighted by molar-refractivity contribution is -0.312. The number of fused-ring (bicyclic) bond motifs is 2. The minimum Gasteiger partial charge on any atom is -0.504 e.